The predicted molar refractivity (Wildman–Crippen MR) is 64.3 cm³/mol. The summed E-state index contributed by atoms with van der Waals surface area (Å²) in [6, 6.07) is 9.52. The number of nitriles is 1. The second kappa shape index (κ2) is 4.47. The number of hydrogen-bond donors (Lipinski definition) is 0. The van der Waals surface area contributed by atoms with Gasteiger partial charge in [-0.3, -0.25) is 0 Å². The van der Waals surface area contributed by atoms with Crippen LogP contribution in [0.1, 0.15) is 24.5 Å². The molecule has 1 heterocycles. The van der Waals surface area contributed by atoms with E-state index in [1.54, 1.807) is 6.92 Å². The first-order valence-corrected chi connectivity index (χ1v) is 7.05. The van der Waals surface area contributed by atoms with Gasteiger partial charge in [0, 0.05) is 13.1 Å². The Hall–Kier alpha value is -1.38. The highest BCUT2D eigenvalue weighted by Crippen LogP contribution is 2.27. The summed E-state index contributed by atoms with van der Waals surface area (Å²) < 4.78 is 25.7. The van der Waals surface area contributed by atoms with Crippen molar-refractivity contribution >= 4 is 10.0 Å². The molecule has 0 saturated carbocycles. The van der Waals surface area contributed by atoms with Crippen molar-refractivity contribution in [3.63, 3.8) is 0 Å². The van der Waals surface area contributed by atoms with E-state index in [0.29, 0.717) is 19.5 Å². The van der Waals surface area contributed by atoms with E-state index in [-0.39, 0.29) is 0 Å². The molecule has 0 aromatic heterocycles. The predicted octanol–water partition coefficient (Wildman–Crippen LogP) is 1.63. The molecule has 1 aliphatic heterocycles. The minimum atomic E-state index is -3.50. The first-order valence-electron chi connectivity index (χ1n) is 5.55. The Morgan fingerprint density at radius 3 is 2.29 bits per heavy atom. The van der Waals surface area contributed by atoms with E-state index in [1.165, 1.54) is 4.31 Å². The molecule has 1 aromatic rings. The first kappa shape index (κ1) is 12.1. The minimum Gasteiger partial charge on any atom is -0.211 e. The largest absolute Gasteiger partial charge is 0.231 e. The molecule has 0 aliphatic carbocycles. The monoisotopic (exact) mass is 250 g/mol. The van der Waals surface area contributed by atoms with Crippen molar-refractivity contribution in [3.05, 3.63) is 35.4 Å². The summed E-state index contributed by atoms with van der Waals surface area (Å²) in [4.78, 5) is 0. The second-order valence-electron chi connectivity index (χ2n) is 4.11. The fourth-order valence-electron chi connectivity index (χ4n) is 2.03. The molecule has 4 nitrogen and oxygen atoms in total. The van der Waals surface area contributed by atoms with Gasteiger partial charge in [-0.05, 0) is 17.5 Å². The smallest absolute Gasteiger partial charge is 0.211 e. The molecule has 0 bridgehead atoms. The minimum absolute atomic E-state index is 0.325. The van der Waals surface area contributed by atoms with E-state index in [9.17, 15) is 8.42 Å². The Kier molecular flexibility index (Phi) is 3.18. The number of benzene rings is 1. The lowest BCUT2D eigenvalue weighted by Gasteiger charge is -2.18. The molecule has 1 aromatic carbocycles. The lowest BCUT2D eigenvalue weighted by atomic mass is 10.1. The lowest BCUT2D eigenvalue weighted by Crippen LogP contribution is -2.34. The fourth-order valence-corrected chi connectivity index (χ4v) is 3.58. The van der Waals surface area contributed by atoms with E-state index in [4.69, 9.17) is 5.26 Å². The molecule has 0 fully saturated rings. The second-order valence-corrected chi connectivity index (χ2v) is 6.22. The van der Waals surface area contributed by atoms with E-state index < -0.39 is 15.3 Å². The van der Waals surface area contributed by atoms with Gasteiger partial charge in [-0.1, -0.05) is 31.2 Å². The van der Waals surface area contributed by atoms with Crippen LogP contribution >= 0.6 is 0 Å². The number of rotatable bonds is 3. The lowest BCUT2D eigenvalue weighted by molar-refractivity contribution is 0.426. The van der Waals surface area contributed by atoms with Gasteiger partial charge in [-0.15, -0.1) is 0 Å². The maximum atomic E-state index is 12.2. The molecule has 0 N–H and O–H groups in total. The summed E-state index contributed by atoms with van der Waals surface area (Å²) in [5.74, 6) is 0. The van der Waals surface area contributed by atoms with Gasteiger partial charge in [0.2, 0.25) is 10.0 Å². The van der Waals surface area contributed by atoms with Crippen molar-refractivity contribution in [2.75, 3.05) is 0 Å². The van der Waals surface area contributed by atoms with Crippen LogP contribution in [0.2, 0.25) is 0 Å². The van der Waals surface area contributed by atoms with E-state index in [2.05, 4.69) is 0 Å². The van der Waals surface area contributed by atoms with Crippen LogP contribution in [-0.4, -0.2) is 18.0 Å². The van der Waals surface area contributed by atoms with Crippen molar-refractivity contribution in [2.45, 2.75) is 31.7 Å². The number of sulfonamides is 1. The van der Waals surface area contributed by atoms with Crippen LogP contribution in [0.3, 0.4) is 0 Å². The zero-order valence-corrected chi connectivity index (χ0v) is 10.4. The summed E-state index contributed by atoms with van der Waals surface area (Å²) in [5, 5.41) is 7.95. The zero-order valence-electron chi connectivity index (χ0n) is 9.63. The normalized spacial score (nSPS) is 17.4. The van der Waals surface area contributed by atoms with Crippen molar-refractivity contribution in [1.29, 1.82) is 5.26 Å². The third-order valence-corrected chi connectivity index (χ3v) is 5.18. The highest BCUT2D eigenvalue weighted by molar-refractivity contribution is 7.89. The summed E-state index contributed by atoms with van der Waals surface area (Å²) in [6.07, 6.45) is 0.325. The van der Waals surface area contributed by atoms with E-state index in [1.807, 2.05) is 30.3 Å². The van der Waals surface area contributed by atoms with Gasteiger partial charge in [-0.2, -0.15) is 9.57 Å². The molecule has 0 saturated heterocycles. The maximum absolute atomic E-state index is 12.2. The summed E-state index contributed by atoms with van der Waals surface area (Å²) in [5.41, 5.74) is 2.06. The van der Waals surface area contributed by atoms with Gasteiger partial charge < -0.3 is 0 Å². The van der Waals surface area contributed by atoms with Gasteiger partial charge in [0.15, 0.2) is 5.25 Å². The van der Waals surface area contributed by atoms with Gasteiger partial charge in [-0.25, -0.2) is 8.42 Å². The average Bonchev–Trinajstić information content (AvgIpc) is 2.74. The Morgan fingerprint density at radius 1 is 1.35 bits per heavy atom. The quantitative estimate of drug-likeness (QED) is 0.819. The van der Waals surface area contributed by atoms with Gasteiger partial charge in [0.25, 0.3) is 0 Å². The molecular weight excluding hydrogens is 236 g/mol. The van der Waals surface area contributed by atoms with Gasteiger partial charge >= 0.3 is 0 Å². The average molecular weight is 250 g/mol. The van der Waals surface area contributed by atoms with Crippen LogP contribution < -0.4 is 0 Å². The number of hydrogen-bond acceptors (Lipinski definition) is 3. The highest BCUT2D eigenvalue weighted by Gasteiger charge is 2.34. The molecule has 1 atom stereocenters. The highest BCUT2D eigenvalue weighted by atomic mass is 32.2. The SMILES string of the molecule is CCC(C#N)S(=O)(=O)N1Cc2ccccc2C1. The molecule has 90 valence electrons. The topological polar surface area (TPSA) is 61.2 Å². The van der Waals surface area contributed by atoms with Crippen molar-refractivity contribution < 1.29 is 8.42 Å². The van der Waals surface area contributed by atoms with Gasteiger partial charge in [0.1, 0.15) is 0 Å². The fraction of sp³-hybridized carbons (Fsp3) is 0.417. The molecule has 0 radical (unpaired) electrons. The van der Waals surface area contributed by atoms with E-state index >= 15 is 0 Å². The number of fused-ring (bicyclic) bond motifs is 1. The van der Waals surface area contributed by atoms with Crippen LogP contribution in [0.5, 0.6) is 0 Å². The molecule has 2 rings (SSSR count). The van der Waals surface area contributed by atoms with Crippen molar-refractivity contribution in [1.82, 2.24) is 4.31 Å². The van der Waals surface area contributed by atoms with Crippen LogP contribution in [-0.2, 0) is 23.1 Å². The molecule has 0 amide bonds. The van der Waals surface area contributed by atoms with E-state index in [0.717, 1.165) is 11.1 Å². The van der Waals surface area contributed by atoms with Crippen molar-refractivity contribution in [3.8, 4) is 6.07 Å². The molecule has 1 aliphatic rings. The molecule has 5 heteroatoms. The number of nitrogens with zero attached hydrogens (tertiary/aromatic N) is 2. The standard InChI is InChI=1S/C12H14N2O2S/c1-2-12(7-13)17(15,16)14-8-10-5-3-4-6-11(10)9-14/h3-6,12H,2,8-9H2,1H3. The van der Waals surface area contributed by atoms with Crippen LogP contribution in [0, 0.1) is 11.3 Å². The van der Waals surface area contributed by atoms with Crippen LogP contribution in [0.4, 0.5) is 0 Å². The maximum Gasteiger partial charge on any atom is 0.231 e. The Morgan fingerprint density at radius 2 is 1.88 bits per heavy atom. The van der Waals surface area contributed by atoms with Crippen LogP contribution in [0.25, 0.3) is 0 Å². The third kappa shape index (κ3) is 2.06. The van der Waals surface area contributed by atoms with Gasteiger partial charge in [0.05, 0.1) is 6.07 Å². The molecule has 17 heavy (non-hydrogen) atoms. The Labute approximate surface area is 102 Å². The molecular formula is C12H14N2O2S. The Balaban J connectivity index is 2.27. The summed E-state index contributed by atoms with van der Waals surface area (Å²) >= 11 is 0. The van der Waals surface area contributed by atoms with Crippen LogP contribution in [0.15, 0.2) is 24.3 Å². The third-order valence-electron chi connectivity index (χ3n) is 3.05. The zero-order chi connectivity index (χ0) is 12.5. The molecule has 0 spiro atoms. The Bertz CT molecular complexity index is 535. The summed E-state index contributed by atoms with van der Waals surface area (Å²) in [6.45, 7) is 2.49. The molecule has 1 unspecified atom stereocenters. The first-order chi connectivity index (χ1) is 8.09. The summed E-state index contributed by atoms with van der Waals surface area (Å²) in [7, 11) is -3.50. The van der Waals surface area contributed by atoms with Crippen molar-refractivity contribution in [2.24, 2.45) is 0 Å².